The fraction of sp³-hybridized carbons (Fsp3) is 0.190. The molecule has 128 valence electrons. The van der Waals surface area contributed by atoms with Crippen LogP contribution in [0.15, 0.2) is 54.9 Å². The highest BCUT2D eigenvalue weighted by Gasteiger charge is 2.20. The zero-order valence-electron chi connectivity index (χ0n) is 14.1. The van der Waals surface area contributed by atoms with Crippen LogP contribution in [-0.2, 0) is 4.74 Å². The Hall–Kier alpha value is -3.05. The van der Waals surface area contributed by atoms with Crippen molar-refractivity contribution in [3.63, 3.8) is 0 Å². The molecule has 5 heteroatoms. The molecule has 0 saturated carbocycles. The summed E-state index contributed by atoms with van der Waals surface area (Å²) in [5.74, 6) is -0.274. The number of carbonyl (C=O) groups excluding carboxylic acids is 1. The summed E-state index contributed by atoms with van der Waals surface area (Å²) in [5.41, 5.74) is 2.29. The van der Waals surface area contributed by atoms with Gasteiger partial charge in [-0.1, -0.05) is 24.3 Å². The lowest BCUT2D eigenvalue weighted by atomic mass is 10.0. The summed E-state index contributed by atoms with van der Waals surface area (Å²) in [6.45, 7) is 1.62. The van der Waals surface area contributed by atoms with Gasteiger partial charge in [0.15, 0.2) is 0 Å². The SMILES string of the molecule is O=C(OC1CCNC1)c1ccc2cnc3c(ccc4cccnc43)c2c1. The van der Waals surface area contributed by atoms with Gasteiger partial charge < -0.3 is 10.1 Å². The van der Waals surface area contributed by atoms with Gasteiger partial charge in [-0.3, -0.25) is 9.97 Å². The molecule has 0 amide bonds. The van der Waals surface area contributed by atoms with E-state index in [1.54, 1.807) is 12.3 Å². The maximum Gasteiger partial charge on any atom is 0.338 e. The molecule has 1 aliphatic rings. The van der Waals surface area contributed by atoms with E-state index in [0.717, 1.165) is 52.1 Å². The van der Waals surface area contributed by atoms with Crippen molar-refractivity contribution >= 4 is 38.5 Å². The average molecular weight is 343 g/mol. The van der Waals surface area contributed by atoms with Crippen LogP contribution < -0.4 is 5.32 Å². The Morgan fingerprint density at radius 1 is 1.04 bits per heavy atom. The topological polar surface area (TPSA) is 64.1 Å². The molecule has 1 atom stereocenters. The third kappa shape index (κ3) is 2.48. The van der Waals surface area contributed by atoms with Gasteiger partial charge in [0, 0.05) is 35.1 Å². The number of hydrogen-bond acceptors (Lipinski definition) is 5. The van der Waals surface area contributed by atoms with Gasteiger partial charge in [-0.2, -0.15) is 0 Å². The van der Waals surface area contributed by atoms with E-state index < -0.39 is 0 Å². The zero-order chi connectivity index (χ0) is 17.5. The number of nitrogens with one attached hydrogen (secondary N) is 1. The van der Waals surface area contributed by atoms with E-state index in [-0.39, 0.29) is 12.1 Å². The average Bonchev–Trinajstić information content (AvgIpc) is 3.20. The number of rotatable bonds is 2. The van der Waals surface area contributed by atoms with E-state index in [2.05, 4.69) is 15.3 Å². The zero-order valence-corrected chi connectivity index (χ0v) is 14.1. The molecule has 0 bridgehead atoms. The summed E-state index contributed by atoms with van der Waals surface area (Å²) < 4.78 is 5.60. The van der Waals surface area contributed by atoms with Gasteiger partial charge in [-0.05, 0) is 36.6 Å². The highest BCUT2D eigenvalue weighted by Crippen LogP contribution is 2.29. The largest absolute Gasteiger partial charge is 0.457 e. The van der Waals surface area contributed by atoms with Gasteiger partial charge in [-0.15, -0.1) is 0 Å². The van der Waals surface area contributed by atoms with Crippen LogP contribution in [0.2, 0.25) is 0 Å². The fourth-order valence-corrected chi connectivity index (χ4v) is 3.59. The Balaban J connectivity index is 1.65. The number of benzene rings is 2. The van der Waals surface area contributed by atoms with Crippen molar-refractivity contribution in [2.75, 3.05) is 13.1 Å². The number of pyridine rings is 2. The molecule has 1 fully saturated rings. The van der Waals surface area contributed by atoms with E-state index in [4.69, 9.17) is 4.74 Å². The van der Waals surface area contributed by atoms with Crippen molar-refractivity contribution in [3.8, 4) is 0 Å². The summed E-state index contributed by atoms with van der Waals surface area (Å²) in [7, 11) is 0. The molecule has 4 aromatic rings. The highest BCUT2D eigenvalue weighted by atomic mass is 16.5. The Kier molecular flexibility index (Phi) is 3.53. The second-order valence-corrected chi connectivity index (χ2v) is 6.62. The van der Waals surface area contributed by atoms with E-state index >= 15 is 0 Å². The summed E-state index contributed by atoms with van der Waals surface area (Å²) in [6.07, 6.45) is 4.43. The molecule has 3 heterocycles. The minimum absolute atomic E-state index is 0.0412. The standard InChI is InChI=1S/C21H17N3O2/c25-21(26-16-7-9-22-12-16)14-3-4-15-11-24-20-17(18(15)10-14)6-5-13-2-1-8-23-19(13)20/h1-6,8,10-11,16,22H,7,9,12H2. The van der Waals surface area contributed by atoms with Crippen molar-refractivity contribution in [2.24, 2.45) is 0 Å². The number of aromatic nitrogens is 2. The van der Waals surface area contributed by atoms with Gasteiger partial charge in [-0.25, -0.2) is 4.79 Å². The third-order valence-corrected chi connectivity index (χ3v) is 4.95. The molecular formula is C21H17N3O2. The Bertz CT molecular complexity index is 1150. The van der Waals surface area contributed by atoms with E-state index in [9.17, 15) is 4.79 Å². The number of nitrogens with zero attached hydrogens (tertiary/aromatic N) is 2. The van der Waals surface area contributed by atoms with E-state index in [0.29, 0.717) is 5.56 Å². The summed E-state index contributed by atoms with van der Waals surface area (Å²) >= 11 is 0. The van der Waals surface area contributed by atoms with Gasteiger partial charge in [0.25, 0.3) is 0 Å². The van der Waals surface area contributed by atoms with Crippen molar-refractivity contribution in [2.45, 2.75) is 12.5 Å². The van der Waals surface area contributed by atoms with E-state index in [1.165, 1.54) is 0 Å². The molecule has 1 unspecified atom stereocenters. The molecule has 1 saturated heterocycles. The van der Waals surface area contributed by atoms with Crippen LogP contribution in [0.4, 0.5) is 0 Å². The molecule has 5 rings (SSSR count). The predicted octanol–water partition coefficient (Wildman–Crippen LogP) is 3.45. The number of ether oxygens (including phenoxy) is 1. The minimum Gasteiger partial charge on any atom is -0.457 e. The second-order valence-electron chi connectivity index (χ2n) is 6.62. The first-order valence-electron chi connectivity index (χ1n) is 8.77. The Labute approximate surface area is 150 Å². The van der Waals surface area contributed by atoms with Crippen LogP contribution in [0.1, 0.15) is 16.8 Å². The summed E-state index contributed by atoms with van der Waals surface area (Å²) in [5, 5.41) is 7.23. The Morgan fingerprint density at radius 3 is 2.85 bits per heavy atom. The summed E-state index contributed by atoms with van der Waals surface area (Å²) in [6, 6.07) is 13.7. The summed E-state index contributed by atoms with van der Waals surface area (Å²) in [4.78, 5) is 21.6. The number of esters is 1. The predicted molar refractivity (Wildman–Crippen MR) is 101 cm³/mol. The first kappa shape index (κ1) is 15.2. The van der Waals surface area contributed by atoms with Crippen LogP contribution in [0.3, 0.4) is 0 Å². The van der Waals surface area contributed by atoms with Crippen LogP contribution >= 0.6 is 0 Å². The smallest absolute Gasteiger partial charge is 0.338 e. The maximum atomic E-state index is 12.5. The van der Waals surface area contributed by atoms with E-state index in [1.807, 2.05) is 42.6 Å². The Morgan fingerprint density at radius 2 is 1.96 bits per heavy atom. The van der Waals surface area contributed by atoms with Crippen LogP contribution in [-0.4, -0.2) is 35.1 Å². The van der Waals surface area contributed by atoms with Crippen molar-refractivity contribution in [3.05, 3.63) is 60.4 Å². The normalized spacial score (nSPS) is 17.2. The molecule has 2 aromatic heterocycles. The highest BCUT2D eigenvalue weighted by molar-refractivity contribution is 6.14. The lowest BCUT2D eigenvalue weighted by molar-refractivity contribution is 0.0344. The van der Waals surface area contributed by atoms with Crippen molar-refractivity contribution < 1.29 is 9.53 Å². The quantitative estimate of drug-likeness (QED) is 0.446. The molecule has 0 radical (unpaired) electrons. The van der Waals surface area contributed by atoms with Crippen molar-refractivity contribution in [1.29, 1.82) is 0 Å². The lowest BCUT2D eigenvalue weighted by Gasteiger charge is -2.12. The minimum atomic E-state index is -0.274. The molecule has 2 aromatic carbocycles. The third-order valence-electron chi connectivity index (χ3n) is 4.95. The molecule has 1 aliphatic heterocycles. The first-order valence-corrected chi connectivity index (χ1v) is 8.77. The van der Waals surface area contributed by atoms with Crippen molar-refractivity contribution in [1.82, 2.24) is 15.3 Å². The molecule has 0 aliphatic carbocycles. The number of hydrogen-bond donors (Lipinski definition) is 1. The fourth-order valence-electron chi connectivity index (χ4n) is 3.59. The molecule has 0 spiro atoms. The molecule has 1 N–H and O–H groups in total. The van der Waals surface area contributed by atoms with Gasteiger partial charge >= 0.3 is 5.97 Å². The van der Waals surface area contributed by atoms with Crippen LogP contribution in [0.25, 0.3) is 32.6 Å². The first-order chi connectivity index (χ1) is 12.8. The second kappa shape index (κ2) is 6.04. The van der Waals surface area contributed by atoms with Gasteiger partial charge in [0.05, 0.1) is 16.6 Å². The lowest BCUT2D eigenvalue weighted by Crippen LogP contribution is -2.20. The molecular weight excluding hydrogens is 326 g/mol. The molecule has 5 nitrogen and oxygen atoms in total. The monoisotopic (exact) mass is 343 g/mol. The van der Waals surface area contributed by atoms with Crippen LogP contribution in [0, 0.1) is 0 Å². The van der Waals surface area contributed by atoms with Crippen LogP contribution in [0.5, 0.6) is 0 Å². The maximum absolute atomic E-state index is 12.5. The van der Waals surface area contributed by atoms with Gasteiger partial charge in [0.2, 0.25) is 0 Å². The number of fused-ring (bicyclic) bond motifs is 5. The van der Waals surface area contributed by atoms with Gasteiger partial charge in [0.1, 0.15) is 6.10 Å². The molecule has 26 heavy (non-hydrogen) atoms. The number of carbonyl (C=O) groups is 1.